The van der Waals surface area contributed by atoms with Gasteiger partial charge in [0.05, 0.1) is 28.8 Å². The van der Waals surface area contributed by atoms with Crippen molar-refractivity contribution in [2.75, 3.05) is 0 Å². The van der Waals surface area contributed by atoms with Crippen molar-refractivity contribution >= 4 is 41.2 Å². The van der Waals surface area contributed by atoms with E-state index in [0.29, 0.717) is 21.9 Å². The zero-order chi connectivity index (χ0) is 21.6. The fourth-order valence-corrected chi connectivity index (χ4v) is 6.62. The summed E-state index contributed by atoms with van der Waals surface area (Å²) in [5.74, 6) is 0.811. The number of benzene rings is 1. The molecule has 7 heteroatoms. The molecule has 7 rings (SSSR count). The van der Waals surface area contributed by atoms with Crippen LogP contribution >= 0.6 is 23.2 Å². The molecule has 0 spiro atoms. The Hall–Kier alpha value is -2.37. The molecule has 4 aliphatic carbocycles. The van der Waals surface area contributed by atoms with Crippen LogP contribution in [0.5, 0.6) is 0 Å². The minimum absolute atomic E-state index is 0.148. The predicted molar refractivity (Wildman–Crippen MR) is 119 cm³/mol. The van der Waals surface area contributed by atoms with Crippen LogP contribution in [0.2, 0.25) is 10.0 Å². The predicted octanol–water partition coefficient (Wildman–Crippen LogP) is 4.79. The van der Waals surface area contributed by atoms with Crippen molar-refractivity contribution in [3.63, 3.8) is 0 Å². The average molecular weight is 454 g/mol. The highest BCUT2D eigenvalue weighted by Crippen LogP contribution is 2.65. The standard InChI is InChI=1S/C24H21Cl2N3O2/c1-11-7-13(12(2)28(11)20-6-3-14(25)8-19(20)26)10-27-29-23(30)21-15-4-5-16(18-9-17(15)18)22(21)24(29)31/h3-8,10,15-18,21-22H,9H2,1-2H3/b27-10-/t15-,16-,17-,18+,21-,22+/m0/s1. The highest BCUT2D eigenvalue weighted by Gasteiger charge is 2.67. The van der Waals surface area contributed by atoms with Crippen molar-refractivity contribution in [2.45, 2.75) is 20.3 Å². The number of hydrogen-bond acceptors (Lipinski definition) is 3. The van der Waals surface area contributed by atoms with Gasteiger partial charge in [-0.25, -0.2) is 0 Å². The molecule has 5 aliphatic rings. The zero-order valence-corrected chi connectivity index (χ0v) is 18.6. The van der Waals surface area contributed by atoms with Gasteiger partial charge in [0, 0.05) is 22.0 Å². The molecule has 1 aliphatic heterocycles. The Balaban J connectivity index is 1.31. The number of hydrazone groups is 1. The molecule has 2 saturated carbocycles. The molecular formula is C24H21Cl2N3O2. The quantitative estimate of drug-likeness (QED) is 0.381. The molecular weight excluding hydrogens is 433 g/mol. The third-order valence-corrected chi connectivity index (χ3v) is 8.11. The third-order valence-electron chi connectivity index (χ3n) is 7.57. The van der Waals surface area contributed by atoms with E-state index >= 15 is 0 Å². The molecule has 2 heterocycles. The second kappa shape index (κ2) is 6.57. The maximum Gasteiger partial charge on any atom is 0.254 e. The number of nitrogens with zero attached hydrogens (tertiary/aromatic N) is 3. The van der Waals surface area contributed by atoms with Gasteiger partial charge in [-0.3, -0.25) is 9.59 Å². The van der Waals surface area contributed by atoms with Crippen LogP contribution < -0.4 is 0 Å². The van der Waals surface area contributed by atoms with Crippen LogP contribution in [0, 0.1) is 49.4 Å². The molecule has 2 bridgehead atoms. The van der Waals surface area contributed by atoms with Crippen molar-refractivity contribution in [3.8, 4) is 5.69 Å². The Bertz CT molecular complexity index is 1180. The molecule has 1 aromatic heterocycles. The summed E-state index contributed by atoms with van der Waals surface area (Å²) in [6.45, 7) is 3.94. The molecule has 0 unspecified atom stereocenters. The summed E-state index contributed by atoms with van der Waals surface area (Å²) in [4.78, 5) is 26.2. The van der Waals surface area contributed by atoms with Crippen LogP contribution in [-0.4, -0.2) is 27.6 Å². The van der Waals surface area contributed by atoms with Gasteiger partial charge in [0.1, 0.15) is 0 Å². The molecule has 1 aromatic carbocycles. The lowest BCUT2D eigenvalue weighted by Gasteiger charge is -2.37. The van der Waals surface area contributed by atoms with Crippen LogP contribution in [0.4, 0.5) is 0 Å². The lowest BCUT2D eigenvalue weighted by Crippen LogP contribution is -2.40. The first-order valence-electron chi connectivity index (χ1n) is 10.6. The number of imide groups is 1. The van der Waals surface area contributed by atoms with Crippen LogP contribution in [0.15, 0.2) is 41.5 Å². The first-order valence-corrected chi connectivity index (χ1v) is 11.4. The van der Waals surface area contributed by atoms with Gasteiger partial charge < -0.3 is 4.57 Å². The number of halogens is 2. The Morgan fingerprint density at radius 1 is 1.00 bits per heavy atom. The van der Waals surface area contributed by atoms with E-state index in [2.05, 4.69) is 17.3 Å². The molecule has 2 amide bonds. The SMILES string of the molecule is Cc1cc(/C=N\N2C(=O)[C@@H]3[C@H]4C=C[C@@H]([C@@H]5C[C@H]45)[C@@H]3C2=O)c(C)n1-c1ccc(Cl)cc1Cl. The van der Waals surface area contributed by atoms with E-state index in [1.807, 2.05) is 30.5 Å². The molecule has 158 valence electrons. The topological polar surface area (TPSA) is 54.7 Å². The zero-order valence-electron chi connectivity index (χ0n) is 17.1. The first kappa shape index (κ1) is 19.3. The lowest BCUT2D eigenvalue weighted by atomic mass is 9.63. The molecule has 0 radical (unpaired) electrons. The van der Waals surface area contributed by atoms with Crippen molar-refractivity contribution in [1.29, 1.82) is 0 Å². The van der Waals surface area contributed by atoms with Gasteiger partial charge in [-0.1, -0.05) is 35.4 Å². The number of allylic oxidation sites excluding steroid dienone is 2. The van der Waals surface area contributed by atoms with Gasteiger partial charge in [0.25, 0.3) is 11.8 Å². The van der Waals surface area contributed by atoms with Gasteiger partial charge in [0.15, 0.2) is 0 Å². The van der Waals surface area contributed by atoms with E-state index in [1.165, 1.54) is 0 Å². The summed E-state index contributed by atoms with van der Waals surface area (Å²) >= 11 is 12.5. The van der Waals surface area contributed by atoms with Crippen LogP contribution in [0.25, 0.3) is 5.69 Å². The van der Waals surface area contributed by atoms with E-state index < -0.39 is 0 Å². The normalized spacial score (nSPS) is 32.8. The smallest absolute Gasteiger partial charge is 0.254 e. The van der Waals surface area contributed by atoms with Crippen molar-refractivity contribution in [3.05, 3.63) is 63.4 Å². The number of rotatable bonds is 3. The number of carbonyl (C=O) groups excluding carboxylic acids is 2. The summed E-state index contributed by atoms with van der Waals surface area (Å²) in [7, 11) is 0. The molecule has 2 aromatic rings. The minimum atomic E-state index is -0.233. The molecule has 1 saturated heterocycles. The van der Waals surface area contributed by atoms with Crippen molar-refractivity contribution in [2.24, 2.45) is 40.6 Å². The van der Waals surface area contributed by atoms with Gasteiger partial charge >= 0.3 is 0 Å². The fourth-order valence-electron chi connectivity index (χ4n) is 6.13. The molecule has 5 nitrogen and oxygen atoms in total. The van der Waals surface area contributed by atoms with E-state index in [0.717, 1.165) is 34.1 Å². The third kappa shape index (κ3) is 2.66. The molecule has 0 N–H and O–H groups in total. The maximum atomic E-state index is 13.1. The Morgan fingerprint density at radius 2 is 1.65 bits per heavy atom. The van der Waals surface area contributed by atoms with Gasteiger partial charge in [0.2, 0.25) is 0 Å². The number of carbonyl (C=O) groups is 2. The van der Waals surface area contributed by atoms with E-state index in [1.54, 1.807) is 18.3 Å². The monoisotopic (exact) mass is 453 g/mol. The molecule has 6 atom stereocenters. The van der Waals surface area contributed by atoms with Crippen LogP contribution in [0.1, 0.15) is 23.4 Å². The summed E-state index contributed by atoms with van der Waals surface area (Å²) < 4.78 is 2.02. The van der Waals surface area contributed by atoms with Crippen LogP contribution in [0.3, 0.4) is 0 Å². The first-order chi connectivity index (χ1) is 14.9. The van der Waals surface area contributed by atoms with Gasteiger partial charge in [-0.15, -0.1) is 0 Å². The van der Waals surface area contributed by atoms with E-state index in [9.17, 15) is 9.59 Å². The number of hydrogen-bond donors (Lipinski definition) is 0. The molecule has 3 fully saturated rings. The van der Waals surface area contributed by atoms with Crippen molar-refractivity contribution < 1.29 is 9.59 Å². The Morgan fingerprint density at radius 3 is 2.26 bits per heavy atom. The lowest BCUT2D eigenvalue weighted by molar-refractivity contribution is -0.140. The van der Waals surface area contributed by atoms with Crippen molar-refractivity contribution in [1.82, 2.24) is 9.58 Å². The highest BCUT2D eigenvalue weighted by molar-refractivity contribution is 6.35. The second-order valence-corrected chi connectivity index (χ2v) is 9.99. The number of aromatic nitrogens is 1. The van der Waals surface area contributed by atoms with Gasteiger partial charge in [-0.2, -0.15) is 10.1 Å². The summed E-state index contributed by atoms with van der Waals surface area (Å²) in [6.07, 6.45) is 7.11. The average Bonchev–Trinajstić information content (AvgIpc) is 3.46. The number of aryl methyl sites for hydroxylation is 1. The summed E-state index contributed by atoms with van der Waals surface area (Å²) in [6, 6.07) is 7.35. The molecule has 31 heavy (non-hydrogen) atoms. The highest BCUT2D eigenvalue weighted by atomic mass is 35.5. The Kier molecular flexibility index (Phi) is 4.09. The summed E-state index contributed by atoms with van der Waals surface area (Å²) in [5, 5.41) is 6.62. The fraction of sp³-hybridized carbons (Fsp3) is 0.375. The van der Waals surface area contributed by atoms with Gasteiger partial charge in [-0.05, 0) is 68.2 Å². The summed E-state index contributed by atoms with van der Waals surface area (Å²) in [5.41, 5.74) is 3.55. The maximum absolute atomic E-state index is 13.1. The van der Waals surface area contributed by atoms with E-state index in [-0.39, 0.29) is 35.5 Å². The second-order valence-electron chi connectivity index (χ2n) is 9.15. The van der Waals surface area contributed by atoms with Crippen LogP contribution in [-0.2, 0) is 9.59 Å². The Labute approximate surface area is 190 Å². The van der Waals surface area contributed by atoms with E-state index in [4.69, 9.17) is 23.2 Å². The minimum Gasteiger partial charge on any atom is -0.316 e. The largest absolute Gasteiger partial charge is 0.316 e. The number of amides is 2.